The molecule has 0 aliphatic heterocycles. The van der Waals surface area contributed by atoms with Gasteiger partial charge in [0.2, 0.25) is 5.91 Å². The summed E-state index contributed by atoms with van der Waals surface area (Å²) in [5.41, 5.74) is 0. The molecule has 6 nitrogen and oxygen atoms in total. The molecule has 0 radical (unpaired) electrons. The minimum Gasteiger partial charge on any atom is -0.466 e. The molecule has 0 saturated carbocycles. The fourth-order valence-corrected chi connectivity index (χ4v) is 11.3. The first-order valence-corrected chi connectivity index (χ1v) is 36.3. The summed E-state index contributed by atoms with van der Waals surface area (Å²) in [7, 11) is 0. The highest BCUT2D eigenvalue weighted by molar-refractivity contribution is 5.76. The van der Waals surface area contributed by atoms with Gasteiger partial charge in [-0.1, -0.05) is 339 Å². The maximum Gasteiger partial charge on any atom is 0.305 e. The van der Waals surface area contributed by atoms with Gasteiger partial charge in [-0.15, -0.1) is 0 Å². The summed E-state index contributed by atoms with van der Waals surface area (Å²) in [5, 5.41) is 23.2. The molecule has 2 atom stereocenters. The molecule has 0 fully saturated rings. The van der Waals surface area contributed by atoms with Crippen LogP contribution < -0.4 is 5.32 Å². The zero-order chi connectivity index (χ0) is 57.8. The fraction of sp³-hybridized carbons (Fsp3) is 0.892. The van der Waals surface area contributed by atoms with E-state index in [1.807, 2.05) is 6.08 Å². The molecule has 472 valence electrons. The first kappa shape index (κ1) is 78.1. The zero-order valence-corrected chi connectivity index (χ0v) is 54.1. The van der Waals surface area contributed by atoms with Gasteiger partial charge in [0.15, 0.2) is 0 Å². The molecule has 0 spiro atoms. The zero-order valence-electron chi connectivity index (χ0n) is 54.1. The number of ether oxygens (including phenoxy) is 1. The van der Waals surface area contributed by atoms with Crippen molar-refractivity contribution in [3.05, 3.63) is 36.5 Å². The molecule has 0 aromatic heterocycles. The molecule has 0 aliphatic rings. The Labute approximate surface area is 500 Å². The second kappa shape index (κ2) is 69.6. The number of aliphatic hydroxyl groups is 2. The first-order chi connectivity index (χ1) is 39.5. The number of allylic oxidation sites excluding steroid dienone is 5. The lowest BCUT2D eigenvalue weighted by Gasteiger charge is -2.20. The van der Waals surface area contributed by atoms with Crippen molar-refractivity contribution in [3.8, 4) is 0 Å². The maximum absolute atomic E-state index is 12.5. The monoisotopic (exact) mass is 1120 g/mol. The van der Waals surface area contributed by atoms with Crippen LogP contribution in [-0.4, -0.2) is 47.4 Å². The van der Waals surface area contributed by atoms with Crippen LogP contribution in [0, 0.1) is 0 Å². The van der Waals surface area contributed by atoms with Crippen LogP contribution in [0.3, 0.4) is 0 Å². The maximum atomic E-state index is 12.5. The molecule has 0 heterocycles. The van der Waals surface area contributed by atoms with E-state index in [9.17, 15) is 19.8 Å². The van der Waals surface area contributed by atoms with Gasteiger partial charge >= 0.3 is 5.97 Å². The number of hydrogen-bond acceptors (Lipinski definition) is 5. The third-order valence-electron chi connectivity index (χ3n) is 16.9. The van der Waals surface area contributed by atoms with Crippen molar-refractivity contribution < 1.29 is 24.5 Å². The van der Waals surface area contributed by atoms with Gasteiger partial charge in [0.05, 0.1) is 25.4 Å². The molecule has 0 aromatic carbocycles. The number of esters is 1. The highest BCUT2D eigenvalue weighted by atomic mass is 16.5. The van der Waals surface area contributed by atoms with Gasteiger partial charge in [-0.25, -0.2) is 0 Å². The van der Waals surface area contributed by atoms with Gasteiger partial charge in [0, 0.05) is 12.8 Å². The van der Waals surface area contributed by atoms with Gasteiger partial charge < -0.3 is 20.3 Å². The number of rotatable bonds is 68. The normalized spacial score (nSPS) is 12.7. The number of nitrogens with one attached hydrogen (secondary N) is 1. The Morgan fingerprint density at radius 2 is 0.588 bits per heavy atom. The van der Waals surface area contributed by atoms with Crippen molar-refractivity contribution in [2.24, 2.45) is 0 Å². The van der Waals surface area contributed by atoms with Crippen molar-refractivity contribution >= 4 is 11.9 Å². The fourth-order valence-electron chi connectivity index (χ4n) is 11.3. The molecule has 80 heavy (non-hydrogen) atoms. The molecule has 3 N–H and O–H groups in total. The van der Waals surface area contributed by atoms with E-state index in [1.165, 1.54) is 327 Å². The Balaban J connectivity index is 3.37. The van der Waals surface area contributed by atoms with Crippen LogP contribution in [0.15, 0.2) is 36.5 Å². The van der Waals surface area contributed by atoms with E-state index in [0.717, 1.165) is 44.9 Å². The predicted octanol–water partition coefficient (Wildman–Crippen LogP) is 23.5. The van der Waals surface area contributed by atoms with E-state index in [0.29, 0.717) is 19.4 Å². The largest absolute Gasteiger partial charge is 0.466 e. The summed E-state index contributed by atoms with van der Waals surface area (Å²) in [4.78, 5) is 24.6. The molecule has 0 aliphatic carbocycles. The summed E-state index contributed by atoms with van der Waals surface area (Å²) < 4.78 is 5.49. The average Bonchev–Trinajstić information content (AvgIpc) is 3.46. The van der Waals surface area contributed by atoms with Crippen molar-refractivity contribution in [1.82, 2.24) is 5.32 Å². The first-order valence-electron chi connectivity index (χ1n) is 36.3. The van der Waals surface area contributed by atoms with E-state index >= 15 is 0 Å². The van der Waals surface area contributed by atoms with E-state index in [4.69, 9.17) is 4.74 Å². The molecule has 0 bridgehead atoms. The van der Waals surface area contributed by atoms with Crippen LogP contribution in [0.4, 0.5) is 0 Å². The number of aliphatic hydroxyl groups excluding tert-OH is 2. The standard InChI is InChI=1S/C74H141NO5/c1-3-5-7-9-11-13-15-17-19-36-39-42-46-50-54-58-62-66-72(77)71(70-76)75-73(78)67-63-59-55-51-47-43-40-37-34-32-30-28-26-24-22-20-21-23-25-27-29-31-33-35-38-41-45-49-53-57-61-65-69-80-74(79)68-64-60-56-52-48-44-18-16-14-12-10-8-6-4-2/h16,18,23,25,62,66,71-72,76-77H,3-15,17,19-22,24,26-61,63-65,67-70H2,1-2H3,(H,75,78)/b18-16-,25-23-,66-62+. The van der Waals surface area contributed by atoms with Crippen LogP contribution in [-0.2, 0) is 14.3 Å². The topological polar surface area (TPSA) is 95.9 Å². The van der Waals surface area contributed by atoms with Crippen LogP contribution in [0.25, 0.3) is 0 Å². The Morgan fingerprint density at radius 1 is 0.338 bits per heavy atom. The minimum atomic E-state index is -0.843. The van der Waals surface area contributed by atoms with Crippen LogP contribution >= 0.6 is 0 Å². The lowest BCUT2D eigenvalue weighted by Crippen LogP contribution is -2.45. The molecule has 0 rings (SSSR count). The quantitative estimate of drug-likeness (QED) is 0.0320. The number of unbranched alkanes of at least 4 members (excludes halogenated alkanes) is 53. The lowest BCUT2D eigenvalue weighted by atomic mass is 10.0. The van der Waals surface area contributed by atoms with Crippen LogP contribution in [0.2, 0.25) is 0 Å². The van der Waals surface area contributed by atoms with Crippen molar-refractivity contribution in [1.29, 1.82) is 0 Å². The molecule has 0 saturated heterocycles. The summed E-state index contributed by atoms with van der Waals surface area (Å²) in [6, 6.07) is -0.626. The second-order valence-corrected chi connectivity index (χ2v) is 24.9. The van der Waals surface area contributed by atoms with Crippen molar-refractivity contribution in [2.45, 2.75) is 411 Å². The van der Waals surface area contributed by atoms with Gasteiger partial charge in [0.25, 0.3) is 0 Å². The number of hydrogen-bond donors (Lipinski definition) is 3. The van der Waals surface area contributed by atoms with E-state index in [2.05, 4.69) is 43.5 Å². The Bertz CT molecular complexity index is 1300. The molecular formula is C74H141NO5. The van der Waals surface area contributed by atoms with Crippen LogP contribution in [0.5, 0.6) is 0 Å². The Hall–Kier alpha value is -1.92. The summed E-state index contributed by atoms with van der Waals surface area (Å²) >= 11 is 0. The van der Waals surface area contributed by atoms with Gasteiger partial charge in [-0.3, -0.25) is 9.59 Å². The third kappa shape index (κ3) is 65.2. The average molecular weight is 1120 g/mol. The van der Waals surface area contributed by atoms with Gasteiger partial charge in [-0.2, -0.15) is 0 Å². The molecule has 0 aromatic rings. The van der Waals surface area contributed by atoms with Crippen LogP contribution in [0.1, 0.15) is 399 Å². The number of amides is 1. The highest BCUT2D eigenvalue weighted by Crippen LogP contribution is 2.18. The predicted molar refractivity (Wildman–Crippen MR) is 352 cm³/mol. The minimum absolute atomic E-state index is 0.00974. The summed E-state index contributed by atoms with van der Waals surface area (Å²) in [6.07, 6.45) is 89.5. The van der Waals surface area contributed by atoms with Crippen molar-refractivity contribution in [3.63, 3.8) is 0 Å². The number of carbonyl (C=O) groups excluding carboxylic acids is 2. The van der Waals surface area contributed by atoms with E-state index in [-0.39, 0.29) is 18.5 Å². The van der Waals surface area contributed by atoms with Crippen molar-refractivity contribution in [2.75, 3.05) is 13.2 Å². The number of carbonyl (C=O) groups is 2. The molecule has 2 unspecified atom stereocenters. The second-order valence-electron chi connectivity index (χ2n) is 24.9. The SMILES string of the molecule is CCCCCCC/C=C\CCCCCCCC(=O)OCCCCCCCCCCCCCC/C=C\CCCCCCCCCCCCCCCCCCC(=O)NC(CO)C(O)/C=C/CCCCCCCCCCCCCCCCC. The summed E-state index contributed by atoms with van der Waals surface area (Å²) in [6.45, 7) is 4.92. The molecular weight excluding hydrogens is 983 g/mol. The molecule has 6 heteroatoms. The molecule has 1 amide bonds. The van der Waals surface area contributed by atoms with Gasteiger partial charge in [-0.05, 0) is 83.5 Å². The lowest BCUT2D eigenvalue weighted by molar-refractivity contribution is -0.143. The smallest absolute Gasteiger partial charge is 0.305 e. The Morgan fingerprint density at radius 3 is 0.887 bits per heavy atom. The van der Waals surface area contributed by atoms with E-state index < -0.39 is 12.1 Å². The van der Waals surface area contributed by atoms with Gasteiger partial charge in [0.1, 0.15) is 0 Å². The summed E-state index contributed by atoms with van der Waals surface area (Å²) in [5.74, 6) is -0.0527. The highest BCUT2D eigenvalue weighted by Gasteiger charge is 2.18. The third-order valence-corrected chi connectivity index (χ3v) is 16.9. The Kier molecular flexibility index (Phi) is 67.9. The van der Waals surface area contributed by atoms with E-state index in [1.54, 1.807) is 6.08 Å².